The van der Waals surface area contributed by atoms with Gasteiger partial charge in [-0.05, 0) is 60.7 Å². The first-order valence-electron chi connectivity index (χ1n) is 15.9. The molecule has 0 aliphatic carbocycles. The number of anilines is 2. The van der Waals surface area contributed by atoms with Crippen LogP contribution in [0.25, 0.3) is 10.9 Å². The van der Waals surface area contributed by atoms with Gasteiger partial charge >= 0.3 is 0 Å². The predicted molar refractivity (Wildman–Crippen MR) is 184 cm³/mol. The highest BCUT2D eigenvalue weighted by molar-refractivity contribution is 6.31. The van der Waals surface area contributed by atoms with Crippen LogP contribution in [0.3, 0.4) is 0 Å². The van der Waals surface area contributed by atoms with E-state index in [0.29, 0.717) is 70.7 Å². The number of fused-ring (bicyclic) bond motifs is 2. The maximum Gasteiger partial charge on any atom is 0.261 e. The summed E-state index contributed by atoms with van der Waals surface area (Å²) >= 11 is 5.94. The number of nitrogens with one attached hydrogen (secondary N) is 2. The maximum atomic E-state index is 14.5. The molecule has 0 saturated heterocycles. The molecule has 0 atom stereocenters. The van der Waals surface area contributed by atoms with Gasteiger partial charge < -0.3 is 24.3 Å². The third kappa shape index (κ3) is 8.07. The van der Waals surface area contributed by atoms with Crippen molar-refractivity contribution in [3.05, 3.63) is 107 Å². The smallest absolute Gasteiger partial charge is 0.261 e. The van der Waals surface area contributed by atoms with Gasteiger partial charge in [-0.1, -0.05) is 54.4 Å². The molecule has 2 amide bonds. The summed E-state index contributed by atoms with van der Waals surface area (Å²) < 4.78 is 38.1. The average Bonchev–Trinajstić information content (AvgIpc) is 3.09. The number of methoxy groups -OCH3 is 1. The lowest BCUT2D eigenvalue weighted by Crippen LogP contribution is -2.37. The number of imide groups is 1. The number of carbonyl (C=O) groups is 2. The van der Waals surface area contributed by atoms with Crippen LogP contribution in [0.15, 0.2) is 79.1 Å². The molecule has 1 aliphatic rings. The summed E-state index contributed by atoms with van der Waals surface area (Å²) in [6.45, 7) is 1.25. The van der Waals surface area contributed by atoms with E-state index in [2.05, 4.69) is 20.6 Å². The maximum absolute atomic E-state index is 14.5. The molecular formula is C37H34ClFN4O6. The van der Waals surface area contributed by atoms with Gasteiger partial charge in [-0.15, -0.1) is 0 Å². The number of hydrogen-bond donors (Lipinski definition) is 2. The van der Waals surface area contributed by atoms with Crippen LogP contribution in [0.1, 0.15) is 40.7 Å². The van der Waals surface area contributed by atoms with Gasteiger partial charge in [0.15, 0.2) is 17.3 Å². The number of para-hydroxylation sites is 1. The largest absolute Gasteiger partial charge is 0.493 e. The van der Waals surface area contributed by atoms with Crippen molar-refractivity contribution in [3.8, 4) is 23.0 Å². The second kappa shape index (κ2) is 15.8. The minimum atomic E-state index is -0.574. The highest BCUT2D eigenvalue weighted by Crippen LogP contribution is 2.36. The van der Waals surface area contributed by atoms with Gasteiger partial charge in [0.05, 0.1) is 41.9 Å². The van der Waals surface area contributed by atoms with Crippen molar-refractivity contribution in [1.29, 1.82) is 0 Å². The van der Waals surface area contributed by atoms with Crippen LogP contribution in [0.4, 0.5) is 15.9 Å². The van der Waals surface area contributed by atoms with E-state index in [-0.39, 0.29) is 23.0 Å². The summed E-state index contributed by atoms with van der Waals surface area (Å²) in [6, 6.07) is 21.3. The van der Waals surface area contributed by atoms with E-state index in [9.17, 15) is 14.0 Å². The number of amides is 2. The average molecular weight is 685 g/mol. The molecule has 12 heteroatoms. The van der Waals surface area contributed by atoms with E-state index in [1.165, 1.54) is 12.4 Å². The first-order chi connectivity index (χ1) is 23.9. The summed E-state index contributed by atoms with van der Waals surface area (Å²) in [6.07, 6.45) is 5.07. The molecule has 1 aliphatic heterocycles. The zero-order chi connectivity index (χ0) is 34.2. The van der Waals surface area contributed by atoms with Crippen molar-refractivity contribution in [2.75, 3.05) is 32.2 Å². The van der Waals surface area contributed by atoms with E-state index in [4.69, 9.17) is 30.5 Å². The summed E-state index contributed by atoms with van der Waals surface area (Å²) in [5.74, 6) is 1.17. The zero-order valence-corrected chi connectivity index (χ0v) is 27.5. The molecule has 2 N–H and O–H groups in total. The topological polar surface area (TPSA) is 121 Å². The molecule has 1 aromatic heterocycles. The summed E-state index contributed by atoms with van der Waals surface area (Å²) in [4.78, 5) is 32.9. The monoisotopic (exact) mass is 684 g/mol. The number of benzene rings is 4. The second-order valence-electron chi connectivity index (χ2n) is 11.3. The Morgan fingerprint density at radius 1 is 0.878 bits per heavy atom. The third-order valence-corrected chi connectivity index (χ3v) is 8.27. The molecule has 2 heterocycles. The van der Waals surface area contributed by atoms with E-state index < -0.39 is 11.7 Å². The van der Waals surface area contributed by atoms with E-state index in [1.807, 2.05) is 24.3 Å². The minimum absolute atomic E-state index is 0.00414. The molecule has 6 rings (SSSR count). The third-order valence-electron chi connectivity index (χ3n) is 7.98. The Morgan fingerprint density at radius 2 is 1.71 bits per heavy atom. The molecule has 0 unspecified atom stereocenters. The lowest BCUT2D eigenvalue weighted by Gasteiger charge is -2.19. The van der Waals surface area contributed by atoms with Crippen molar-refractivity contribution < 1.29 is 32.9 Å². The van der Waals surface area contributed by atoms with Crippen LogP contribution in [0, 0.1) is 5.82 Å². The molecule has 0 radical (unpaired) electrons. The standard InChI is InChI=1S/C37H34ClFN4O6/c1-46-31-21-28-25(36(41-22-40-28)42-27-13-8-12-26(38)35(27)39)20-32(31)48-18-17-47-16-6-2-3-9-23-10-4-5-14-29(23)49-30-15-7-11-24-19-33(44)43-37(45)34(24)30/h4-5,7-8,10-15,20-22H,2-3,6,9,16-19H2,1H3,(H,40,41,42)(H,43,44,45). The molecule has 49 heavy (non-hydrogen) atoms. The Hall–Kier alpha value is -5.26. The molecular weight excluding hydrogens is 651 g/mol. The van der Waals surface area contributed by atoms with Gasteiger partial charge in [0.1, 0.15) is 30.3 Å². The summed E-state index contributed by atoms with van der Waals surface area (Å²) in [5, 5.41) is 5.99. The Bertz CT molecular complexity index is 1990. The Kier molecular flexibility index (Phi) is 10.8. The zero-order valence-electron chi connectivity index (χ0n) is 26.8. The van der Waals surface area contributed by atoms with Crippen molar-refractivity contribution in [2.24, 2.45) is 0 Å². The molecule has 0 bridgehead atoms. The fraction of sp³-hybridized carbons (Fsp3) is 0.243. The number of rotatable bonds is 15. The first-order valence-corrected chi connectivity index (χ1v) is 16.2. The van der Waals surface area contributed by atoms with Crippen molar-refractivity contribution in [3.63, 3.8) is 0 Å². The van der Waals surface area contributed by atoms with Crippen LogP contribution >= 0.6 is 11.6 Å². The fourth-order valence-corrected chi connectivity index (χ4v) is 5.75. The van der Waals surface area contributed by atoms with Gasteiger partial charge in [-0.3, -0.25) is 14.9 Å². The van der Waals surface area contributed by atoms with E-state index in [0.717, 1.165) is 31.2 Å². The minimum Gasteiger partial charge on any atom is -0.493 e. The quantitative estimate of drug-likeness (QED) is 0.0849. The number of carbonyl (C=O) groups excluding carboxylic acids is 2. The summed E-state index contributed by atoms with van der Waals surface area (Å²) in [7, 11) is 1.55. The normalized spacial score (nSPS) is 12.4. The van der Waals surface area contributed by atoms with Gasteiger partial charge in [0.2, 0.25) is 5.91 Å². The highest BCUT2D eigenvalue weighted by Gasteiger charge is 2.26. The van der Waals surface area contributed by atoms with Crippen LogP contribution in [-0.2, 0) is 22.4 Å². The molecule has 0 fully saturated rings. The molecule has 0 saturated carbocycles. The van der Waals surface area contributed by atoms with Crippen LogP contribution in [0.5, 0.6) is 23.0 Å². The van der Waals surface area contributed by atoms with Crippen LogP contribution in [-0.4, -0.2) is 48.7 Å². The van der Waals surface area contributed by atoms with Crippen molar-refractivity contribution >= 4 is 45.8 Å². The number of unbranched alkanes of at least 4 members (excludes halogenated alkanes) is 2. The Labute approximate surface area is 287 Å². The molecule has 4 aromatic carbocycles. The fourth-order valence-electron chi connectivity index (χ4n) is 5.57. The van der Waals surface area contributed by atoms with Crippen LogP contribution in [0.2, 0.25) is 5.02 Å². The van der Waals surface area contributed by atoms with Crippen LogP contribution < -0.4 is 24.8 Å². The molecule has 0 spiro atoms. The number of ether oxygens (including phenoxy) is 4. The number of halogens is 2. The number of aromatic nitrogens is 2. The number of nitrogens with zero attached hydrogens (tertiary/aromatic N) is 2. The SMILES string of the molecule is COc1cc2ncnc(Nc3cccc(Cl)c3F)c2cc1OCCOCCCCCc1ccccc1Oc1cccc2c1C(=O)NC(=O)C2. The Morgan fingerprint density at radius 3 is 2.59 bits per heavy atom. The summed E-state index contributed by atoms with van der Waals surface area (Å²) in [5.41, 5.74) is 2.89. The van der Waals surface area contributed by atoms with Crippen molar-refractivity contribution in [2.45, 2.75) is 32.1 Å². The van der Waals surface area contributed by atoms with Gasteiger partial charge in [0, 0.05) is 18.1 Å². The predicted octanol–water partition coefficient (Wildman–Crippen LogP) is 7.59. The molecule has 10 nitrogen and oxygen atoms in total. The van der Waals surface area contributed by atoms with Gasteiger partial charge in [-0.2, -0.15) is 0 Å². The number of aryl methyl sites for hydroxylation is 1. The lowest BCUT2D eigenvalue weighted by molar-refractivity contribution is -0.119. The molecule has 5 aromatic rings. The second-order valence-corrected chi connectivity index (χ2v) is 11.7. The van der Waals surface area contributed by atoms with Gasteiger partial charge in [-0.25, -0.2) is 14.4 Å². The van der Waals surface area contributed by atoms with Crippen molar-refractivity contribution in [1.82, 2.24) is 15.3 Å². The van der Waals surface area contributed by atoms with E-state index >= 15 is 0 Å². The van der Waals surface area contributed by atoms with E-state index in [1.54, 1.807) is 49.6 Å². The van der Waals surface area contributed by atoms with Gasteiger partial charge in [0.25, 0.3) is 5.91 Å². The lowest BCUT2D eigenvalue weighted by atomic mass is 9.99. The highest BCUT2D eigenvalue weighted by atomic mass is 35.5. The first kappa shape index (κ1) is 33.6. The number of hydrogen-bond acceptors (Lipinski definition) is 9. The molecule has 252 valence electrons. The Balaban J connectivity index is 0.968.